The van der Waals surface area contributed by atoms with E-state index in [0.29, 0.717) is 0 Å². The van der Waals surface area contributed by atoms with E-state index < -0.39 is 18.1 Å². The fourth-order valence-corrected chi connectivity index (χ4v) is 0.309. The second-order valence-electron chi connectivity index (χ2n) is 1.52. The van der Waals surface area contributed by atoms with Gasteiger partial charge in [0.1, 0.15) is 0 Å². The Balaban J connectivity index is 3.70. The first-order valence-corrected chi connectivity index (χ1v) is 2.65. The van der Waals surface area contributed by atoms with E-state index in [1.54, 1.807) is 10.6 Å². The van der Waals surface area contributed by atoms with E-state index >= 15 is 0 Å². The van der Waals surface area contributed by atoms with Crippen molar-refractivity contribution in [1.82, 2.24) is 16.0 Å². The van der Waals surface area contributed by atoms with Crippen LogP contribution in [0.15, 0.2) is 0 Å². The van der Waals surface area contributed by atoms with E-state index in [4.69, 9.17) is 0 Å². The summed E-state index contributed by atoms with van der Waals surface area (Å²) in [6.07, 6.45) is 0. The first-order valence-electron chi connectivity index (χ1n) is 2.65. The van der Waals surface area contributed by atoms with Crippen LogP contribution < -0.4 is 21.7 Å². The number of urea groups is 3. The van der Waals surface area contributed by atoms with Gasteiger partial charge in [-0.1, -0.05) is 0 Å². The fourth-order valence-electron chi connectivity index (χ4n) is 0.309. The molecule has 0 aromatic carbocycles. The van der Waals surface area contributed by atoms with Crippen LogP contribution >= 0.6 is 0 Å². The molecule has 0 unspecified atom stereocenters. The Labute approximate surface area is 62.3 Å². The van der Waals surface area contributed by atoms with Crippen molar-refractivity contribution in [3.63, 3.8) is 0 Å². The Bertz CT molecular complexity index is 190. The molecule has 0 saturated heterocycles. The molecule has 7 heteroatoms. The molecule has 0 aliphatic rings. The first-order chi connectivity index (χ1) is 5.06. The predicted octanol–water partition coefficient (Wildman–Crippen LogP) is -1.30. The van der Waals surface area contributed by atoms with Gasteiger partial charge in [-0.3, -0.25) is 10.6 Å². The minimum Gasteiger partial charge on any atom is -0.351 e. The highest BCUT2D eigenvalue weighted by atomic mass is 16.2. The van der Waals surface area contributed by atoms with Crippen LogP contribution in [0.1, 0.15) is 0 Å². The number of imide groups is 2. The fraction of sp³-hybridized carbons (Fsp3) is 0.250. The van der Waals surface area contributed by atoms with Crippen LogP contribution in [0.2, 0.25) is 0 Å². The highest BCUT2D eigenvalue weighted by Gasteiger charge is 2.05. The molecule has 0 radical (unpaired) electrons. The van der Waals surface area contributed by atoms with Gasteiger partial charge in [0.2, 0.25) is 0 Å². The van der Waals surface area contributed by atoms with Gasteiger partial charge in [0.25, 0.3) is 0 Å². The van der Waals surface area contributed by atoms with Crippen molar-refractivity contribution in [2.75, 3.05) is 7.05 Å². The quantitative estimate of drug-likeness (QED) is 0.353. The lowest BCUT2D eigenvalue weighted by atomic mass is 10.8. The molecule has 11 heavy (non-hydrogen) atoms. The molecule has 0 aromatic heterocycles. The second-order valence-corrected chi connectivity index (χ2v) is 1.52. The summed E-state index contributed by atoms with van der Waals surface area (Å²) in [6, 6.07) is -2.70. The molecule has 0 rings (SSSR count). The lowest BCUT2D eigenvalue weighted by Crippen LogP contribution is -2.47. The molecule has 62 valence electrons. The number of amides is 6. The van der Waals surface area contributed by atoms with Crippen LogP contribution in [-0.4, -0.2) is 25.1 Å². The molecule has 0 saturated carbocycles. The van der Waals surface area contributed by atoms with Crippen LogP contribution in [0.4, 0.5) is 14.4 Å². The Kier molecular flexibility index (Phi) is 3.43. The summed E-state index contributed by atoms with van der Waals surface area (Å²) in [5, 5.41) is 5.50. The number of nitrogens with two attached hydrogens (primary N) is 1. The van der Waals surface area contributed by atoms with E-state index in [1.165, 1.54) is 7.05 Å². The highest BCUT2D eigenvalue weighted by molar-refractivity contribution is 6.00. The van der Waals surface area contributed by atoms with Crippen molar-refractivity contribution < 1.29 is 14.4 Å². The maximum atomic E-state index is 10.4. The summed E-state index contributed by atoms with van der Waals surface area (Å²) in [7, 11) is 1.33. The number of nitrogens with one attached hydrogen (secondary N) is 3. The summed E-state index contributed by atoms with van der Waals surface area (Å²) in [6.45, 7) is 0. The Morgan fingerprint density at radius 3 is 2.00 bits per heavy atom. The van der Waals surface area contributed by atoms with Gasteiger partial charge >= 0.3 is 18.1 Å². The van der Waals surface area contributed by atoms with Gasteiger partial charge in [-0.15, -0.1) is 0 Å². The minimum absolute atomic E-state index is 0.719. The van der Waals surface area contributed by atoms with Crippen LogP contribution in [0.25, 0.3) is 0 Å². The number of carbonyl (C=O) groups excluding carboxylic acids is 3. The zero-order valence-electron chi connectivity index (χ0n) is 5.80. The average molecular weight is 160 g/mol. The van der Waals surface area contributed by atoms with Crippen molar-refractivity contribution in [3.05, 3.63) is 0 Å². The topological polar surface area (TPSA) is 113 Å². The molecule has 0 atom stereocenters. The molecule has 0 aromatic rings. The van der Waals surface area contributed by atoms with Gasteiger partial charge in [0, 0.05) is 7.05 Å². The van der Waals surface area contributed by atoms with Crippen molar-refractivity contribution in [2.45, 2.75) is 0 Å². The maximum Gasteiger partial charge on any atom is 0.330 e. The van der Waals surface area contributed by atoms with Gasteiger partial charge in [-0.25, -0.2) is 14.4 Å². The molecule has 5 N–H and O–H groups in total. The smallest absolute Gasteiger partial charge is 0.330 e. The van der Waals surface area contributed by atoms with Crippen LogP contribution in [-0.2, 0) is 0 Å². The van der Waals surface area contributed by atoms with E-state index in [-0.39, 0.29) is 0 Å². The SMILES string of the molecule is CNC(=O)NC(=O)NC(N)=O. The van der Waals surface area contributed by atoms with Gasteiger partial charge in [0.15, 0.2) is 0 Å². The molecule has 6 amide bonds. The lowest BCUT2D eigenvalue weighted by Gasteiger charge is -2.01. The third kappa shape index (κ3) is 4.70. The van der Waals surface area contributed by atoms with Crippen molar-refractivity contribution in [3.8, 4) is 0 Å². The van der Waals surface area contributed by atoms with Crippen LogP contribution in [0.5, 0.6) is 0 Å². The summed E-state index contributed by atoms with van der Waals surface area (Å²) in [5.41, 5.74) is 4.57. The van der Waals surface area contributed by atoms with Crippen molar-refractivity contribution in [1.29, 1.82) is 0 Å². The molecule has 7 nitrogen and oxygen atoms in total. The number of carbonyl (C=O) groups is 3. The van der Waals surface area contributed by atoms with Gasteiger partial charge < -0.3 is 11.1 Å². The lowest BCUT2D eigenvalue weighted by molar-refractivity contribution is 0.225. The zero-order valence-corrected chi connectivity index (χ0v) is 5.80. The van der Waals surface area contributed by atoms with Crippen molar-refractivity contribution >= 4 is 18.1 Å². The van der Waals surface area contributed by atoms with Crippen LogP contribution in [0, 0.1) is 0 Å². The Morgan fingerprint density at radius 2 is 1.64 bits per heavy atom. The third-order valence-electron chi connectivity index (χ3n) is 0.691. The van der Waals surface area contributed by atoms with Gasteiger partial charge in [-0.2, -0.15) is 0 Å². The summed E-state index contributed by atoms with van der Waals surface area (Å²) in [4.78, 5) is 30.8. The minimum atomic E-state index is -1.02. The summed E-state index contributed by atoms with van der Waals surface area (Å²) >= 11 is 0. The Morgan fingerprint density at radius 1 is 1.09 bits per heavy atom. The van der Waals surface area contributed by atoms with Crippen LogP contribution in [0.3, 0.4) is 0 Å². The summed E-state index contributed by atoms with van der Waals surface area (Å²) < 4.78 is 0. The Hall–Kier alpha value is -1.79. The van der Waals surface area contributed by atoms with E-state index in [9.17, 15) is 14.4 Å². The zero-order chi connectivity index (χ0) is 8.85. The highest BCUT2D eigenvalue weighted by Crippen LogP contribution is 1.64. The monoisotopic (exact) mass is 160 g/mol. The second kappa shape index (κ2) is 4.09. The molecule has 0 aliphatic heterocycles. The maximum absolute atomic E-state index is 10.4. The largest absolute Gasteiger partial charge is 0.351 e. The first kappa shape index (κ1) is 9.21. The molecule has 0 heterocycles. The molecular weight excluding hydrogens is 152 g/mol. The standard InChI is InChI=1S/C4H8N4O3/c1-6-3(10)8-4(11)7-2(5)9/h1H3,(H5,5,6,7,8,9,10,11). The van der Waals surface area contributed by atoms with Gasteiger partial charge in [0.05, 0.1) is 0 Å². The van der Waals surface area contributed by atoms with E-state index in [1.807, 2.05) is 0 Å². The molecule has 0 fully saturated rings. The molecule has 0 bridgehead atoms. The van der Waals surface area contributed by atoms with E-state index in [0.717, 1.165) is 0 Å². The molecular formula is C4H8N4O3. The number of hydrogen-bond donors (Lipinski definition) is 4. The van der Waals surface area contributed by atoms with Crippen molar-refractivity contribution in [2.24, 2.45) is 5.73 Å². The third-order valence-corrected chi connectivity index (χ3v) is 0.691. The number of primary amides is 1. The number of hydrogen-bond acceptors (Lipinski definition) is 3. The molecule has 0 aliphatic carbocycles. The van der Waals surface area contributed by atoms with Gasteiger partial charge in [-0.05, 0) is 0 Å². The normalized spacial score (nSPS) is 8.09. The average Bonchev–Trinajstić information content (AvgIpc) is 1.85. The number of rotatable bonds is 0. The summed E-state index contributed by atoms with van der Waals surface area (Å²) in [5.74, 6) is 0. The molecule has 0 spiro atoms. The predicted molar refractivity (Wildman–Crippen MR) is 35.7 cm³/mol. The van der Waals surface area contributed by atoms with E-state index in [2.05, 4.69) is 11.1 Å².